The minimum atomic E-state index is -0.921. The summed E-state index contributed by atoms with van der Waals surface area (Å²) in [6.07, 6.45) is 14.2. The first-order valence-electron chi connectivity index (χ1n) is 12.0. The maximum absolute atomic E-state index is 11.9. The zero-order chi connectivity index (χ0) is 22.6. The molecule has 0 aliphatic carbocycles. The molecule has 0 saturated carbocycles. The molecule has 0 heterocycles. The van der Waals surface area contributed by atoms with Gasteiger partial charge in [-0.25, -0.2) is 0 Å². The van der Waals surface area contributed by atoms with E-state index in [0.717, 1.165) is 25.2 Å². The van der Waals surface area contributed by atoms with Crippen LogP contribution in [0, 0.1) is 5.92 Å². The summed E-state index contributed by atoms with van der Waals surface area (Å²) in [7, 11) is 0. The minimum absolute atomic E-state index is 0.0484. The average molecular weight is 431 g/mol. The Balaban J connectivity index is 3.74. The van der Waals surface area contributed by atoms with Gasteiger partial charge in [0.1, 0.15) is 12.2 Å². The van der Waals surface area contributed by atoms with Crippen LogP contribution in [0.25, 0.3) is 0 Å². The number of aliphatic hydroxyl groups excluding tert-OH is 2. The van der Waals surface area contributed by atoms with E-state index >= 15 is 0 Å². The van der Waals surface area contributed by atoms with Crippen molar-refractivity contribution >= 4 is 11.9 Å². The van der Waals surface area contributed by atoms with Gasteiger partial charge in [-0.05, 0) is 18.8 Å². The van der Waals surface area contributed by atoms with Gasteiger partial charge in [-0.2, -0.15) is 0 Å². The molecule has 0 amide bonds. The second-order valence-corrected chi connectivity index (χ2v) is 8.77. The molecule has 0 saturated heterocycles. The number of hydrogen-bond acceptors (Lipinski definition) is 6. The van der Waals surface area contributed by atoms with Gasteiger partial charge in [0, 0.05) is 6.92 Å². The smallest absolute Gasteiger partial charge is 0.309 e. The Bertz CT molecular complexity index is 420. The standard InChI is InChI=1S/C24H46O6/c1-20(2)15-13-11-9-7-5-4-6-8-10-12-14-16-22(29-21(3)27)17-24(28)30-23(18-25)19-26/h20,22-23,25-26H,4-19H2,1-3H3/t22-/m1/s1. The maximum atomic E-state index is 11.9. The summed E-state index contributed by atoms with van der Waals surface area (Å²) in [4.78, 5) is 23.1. The monoisotopic (exact) mass is 430 g/mol. The van der Waals surface area contributed by atoms with Gasteiger partial charge in [0.25, 0.3) is 0 Å². The van der Waals surface area contributed by atoms with Crippen molar-refractivity contribution in [2.75, 3.05) is 13.2 Å². The van der Waals surface area contributed by atoms with Crippen molar-refractivity contribution in [3.63, 3.8) is 0 Å². The van der Waals surface area contributed by atoms with Gasteiger partial charge in [0.05, 0.1) is 19.6 Å². The number of hydrogen-bond donors (Lipinski definition) is 2. The molecule has 2 N–H and O–H groups in total. The number of aliphatic hydroxyl groups is 2. The molecule has 0 aromatic carbocycles. The van der Waals surface area contributed by atoms with Gasteiger partial charge in [-0.3, -0.25) is 9.59 Å². The van der Waals surface area contributed by atoms with Crippen LogP contribution in [-0.4, -0.2) is 47.6 Å². The lowest BCUT2D eigenvalue weighted by Gasteiger charge is -2.18. The average Bonchev–Trinajstić information content (AvgIpc) is 2.68. The molecule has 1 atom stereocenters. The van der Waals surface area contributed by atoms with E-state index in [1.807, 2.05) is 0 Å². The molecule has 0 radical (unpaired) electrons. The Morgan fingerprint density at radius 1 is 0.667 bits per heavy atom. The number of carbonyl (C=O) groups excluding carboxylic acids is 2. The van der Waals surface area contributed by atoms with Crippen LogP contribution in [0.15, 0.2) is 0 Å². The van der Waals surface area contributed by atoms with Crippen molar-refractivity contribution in [2.24, 2.45) is 5.92 Å². The normalized spacial score (nSPS) is 12.4. The number of carbonyl (C=O) groups is 2. The van der Waals surface area contributed by atoms with Crippen LogP contribution in [0.1, 0.15) is 111 Å². The minimum Gasteiger partial charge on any atom is -0.462 e. The Hall–Kier alpha value is -1.14. The van der Waals surface area contributed by atoms with E-state index in [1.165, 1.54) is 64.7 Å². The van der Waals surface area contributed by atoms with E-state index in [1.54, 1.807) is 0 Å². The molecule has 0 unspecified atom stereocenters. The molecule has 6 nitrogen and oxygen atoms in total. The largest absolute Gasteiger partial charge is 0.462 e. The van der Waals surface area contributed by atoms with Gasteiger partial charge >= 0.3 is 11.9 Å². The van der Waals surface area contributed by atoms with Crippen molar-refractivity contribution in [2.45, 2.75) is 123 Å². The van der Waals surface area contributed by atoms with Gasteiger partial charge in [0.2, 0.25) is 0 Å². The molecule has 0 aromatic rings. The Labute approximate surface area is 183 Å². The van der Waals surface area contributed by atoms with Crippen LogP contribution in [0.3, 0.4) is 0 Å². The van der Waals surface area contributed by atoms with E-state index < -0.39 is 37.4 Å². The molecule has 0 aliphatic heterocycles. The zero-order valence-corrected chi connectivity index (χ0v) is 19.6. The molecule has 0 aliphatic rings. The summed E-state index contributed by atoms with van der Waals surface area (Å²) >= 11 is 0. The molecular weight excluding hydrogens is 384 g/mol. The van der Waals surface area contributed by atoms with Crippen molar-refractivity contribution in [3.8, 4) is 0 Å². The summed E-state index contributed by atoms with van der Waals surface area (Å²) in [6, 6.07) is 0. The fraction of sp³-hybridized carbons (Fsp3) is 0.917. The van der Waals surface area contributed by atoms with Crippen molar-refractivity contribution in [1.29, 1.82) is 0 Å². The molecule has 0 aromatic heterocycles. The number of ether oxygens (including phenoxy) is 2. The second kappa shape index (κ2) is 19.8. The van der Waals surface area contributed by atoms with Crippen LogP contribution < -0.4 is 0 Å². The second-order valence-electron chi connectivity index (χ2n) is 8.77. The molecule has 6 heteroatoms. The van der Waals surface area contributed by atoms with Crippen LogP contribution in [-0.2, 0) is 19.1 Å². The number of unbranched alkanes of at least 4 members (excludes halogenated alkanes) is 10. The quantitative estimate of drug-likeness (QED) is 0.210. The highest BCUT2D eigenvalue weighted by molar-refractivity contribution is 5.71. The number of esters is 2. The third-order valence-electron chi connectivity index (χ3n) is 5.24. The van der Waals surface area contributed by atoms with Crippen LogP contribution in [0.2, 0.25) is 0 Å². The van der Waals surface area contributed by atoms with Crippen LogP contribution in [0.4, 0.5) is 0 Å². The topological polar surface area (TPSA) is 93.1 Å². The summed E-state index contributed by atoms with van der Waals surface area (Å²) in [5.74, 6) is -0.163. The van der Waals surface area contributed by atoms with Gasteiger partial charge in [-0.1, -0.05) is 84.5 Å². The first-order chi connectivity index (χ1) is 14.4. The fourth-order valence-electron chi connectivity index (χ4n) is 3.51. The number of rotatable bonds is 20. The molecule has 30 heavy (non-hydrogen) atoms. The summed E-state index contributed by atoms with van der Waals surface area (Å²) in [5.41, 5.74) is 0. The molecule has 0 fully saturated rings. The lowest BCUT2D eigenvalue weighted by molar-refractivity contribution is -0.160. The Kier molecular flexibility index (Phi) is 19.0. The lowest BCUT2D eigenvalue weighted by Crippen LogP contribution is -2.29. The highest BCUT2D eigenvalue weighted by atomic mass is 16.6. The molecule has 0 bridgehead atoms. The first-order valence-corrected chi connectivity index (χ1v) is 12.0. The third-order valence-corrected chi connectivity index (χ3v) is 5.24. The van der Waals surface area contributed by atoms with Crippen LogP contribution >= 0.6 is 0 Å². The Morgan fingerprint density at radius 2 is 1.10 bits per heavy atom. The van der Waals surface area contributed by atoms with E-state index in [0.29, 0.717) is 6.42 Å². The lowest BCUT2D eigenvalue weighted by atomic mass is 10.0. The Morgan fingerprint density at radius 3 is 1.50 bits per heavy atom. The molecule has 178 valence electrons. The predicted molar refractivity (Wildman–Crippen MR) is 119 cm³/mol. The summed E-state index contributed by atoms with van der Waals surface area (Å²) in [6.45, 7) is 5.04. The molecule has 0 rings (SSSR count). The van der Waals surface area contributed by atoms with Gasteiger partial charge < -0.3 is 19.7 Å². The van der Waals surface area contributed by atoms with E-state index in [9.17, 15) is 9.59 Å². The summed E-state index contributed by atoms with van der Waals surface area (Å²) < 4.78 is 10.2. The maximum Gasteiger partial charge on any atom is 0.309 e. The highest BCUT2D eigenvalue weighted by Crippen LogP contribution is 2.16. The molecule has 0 spiro atoms. The van der Waals surface area contributed by atoms with E-state index in [-0.39, 0.29) is 6.42 Å². The fourth-order valence-corrected chi connectivity index (χ4v) is 3.51. The summed E-state index contributed by atoms with van der Waals surface area (Å²) in [5, 5.41) is 18.0. The van der Waals surface area contributed by atoms with Gasteiger partial charge in [-0.15, -0.1) is 0 Å². The predicted octanol–water partition coefficient (Wildman–Crippen LogP) is 4.93. The van der Waals surface area contributed by atoms with Crippen LogP contribution in [0.5, 0.6) is 0 Å². The third kappa shape index (κ3) is 18.9. The van der Waals surface area contributed by atoms with Crippen molar-refractivity contribution in [1.82, 2.24) is 0 Å². The highest BCUT2D eigenvalue weighted by Gasteiger charge is 2.20. The SMILES string of the molecule is CC(=O)O[C@H](CCCCCCCCCCCCCC(C)C)CC(=O)OC(CO)CO. The van der Waals surface area contributed by atoms with E-state index in [4.69, 9.17) is 19.7 Å². The van der Waals surface area contributed by atoms with E-state index in [2.05, 4.69) is 13.8 Å². The molecular formula is C24H46O6. The van der Waals surface area contributed by atoms with Crippen molar-refractivity contribution in [3.05, 3.63) is 0 Å². The van der Waals surface area contributed by atoms with Crippen molar-refractivity contribution < 1.29 is 29.3 Å². The van der Waals surface area contributed by atoms with Gasteiger partial charge in [0.15, 0.2) is 0 Å². The first kappa shape index (κ1) is 28.9. The zero-order valence-electron chi connectivity index (χ0n) is 19.6.